The van der Waals surface area contributed by atoms with Gasteiger partial charge < -0.3 is 10.2 Å². The summed E-state index contributed by atoms with van der Waals surface area (Å²) in [5, 5.41) is 3.88. The smallest absolute Gasteiger partial charge is 0.0444 e. The van der Waals surface area contributed by atoms with Crippen LogP contribution in [0, 0.1) is 5.92 Å². The molecule has 4 heteroatoms. The van der Waals surface area contributed by atoms with Gasteiger partial charge in [0.05, 0.1) is 0 Å². The highest BCUT2D eigenvalue weighted by Gasteiger charge is 2.21. The van der Waals surface area contributed by atoms with E-state index < -0.39 is 10.8 Å². The number of hydrogen-bond donors (Lipinski definition) is 1. The summed E-state index contributed by atoms with van der Waals surface area (Å²) in [6.45, 7) is 10.9. The fourth-order valence-corrected chi connectivity index (χ4v) is 2.53. The van der Waals surface area contributed by atoms with Crippen molar-refractivity contribution < 1.29 is 4.21 Å². The zero-order chi connectivity index (χ0) is 12.1. The van der Waals surface area contributed by atoms with E-state index in [1.807, 2.05) is 0 Å². The van der Waals surface area contributed by atoms with Gasteiger partial charge in [-0.05, 0) is 32.4 Å². The molecule has 0 saturated carbocycles. The first-order valence-electron chi connectivity index (χ1n) is 6.28. The SMILES string of the molecule is CC(C)C1CN(CC(C)S(C)=O)CCCN1. The maximum absolute atomic E-state index is 11.4. The molecule has 1 aliphatic heterocycles. The molecule has 0 amide bonds. The molecular formula is C12H26N2OS. The zero-order valence-electron chi connectivity index (χ0n) is 11.0. The average molecular weight is 246 g/mol. The number of hydrogen-bond acceptors (Lipinski definition) is 3. The molecule has 16 heavy (non-hydrogen) atoms. The van der Waals surface area contributed by atoms with Crippen molar-refractivity contribution >= 4 is 10.8 Å². The predicted octanol–water partition coefficient (Wildman–Crippen LogP) is 1.07. The molecule has 96 valence electrons. The van der Waals surface area contributed by atoms with Gasteiger partial charge in [-0.3, -0.25) is 4.21 Å². The second-order valence-electron chi connectivity index (χ2n) is 5.23. The molecule has 0 aromatic heterocycles. The Morgan fingerprint density at radius 1 is 1.44 bits per heavy atom. The van der Waals surface area contributed by atoms with Gasteiger partial charge in [0.2, 0.25) is 0 Å². The van der Waals surface area contributed by atoms with Crippen molar-refractivity contribution in [3.63, 3.8) is 0 Å². The Kier molecular flexibility index (Phi) is 5.94. The fraction of sp³-hybridized carbons (Fsp3) is 1.00. The first-order chi connectivity index (χ1) is 7.50. The van der Waals surface area contributed by atoms with Crippen LogP contribution in [-0.4, -0.2) is 52.8 Å². The zero-order valence-corrected chi connectivity index (χ0v) is 11.8. The van der Waals surface area contributed by atoms with E-state index in [4.69, 9.17) is 0 Å². The summed E-state index contributed by atoms with van der Waals surface area (Å²) in [5.41, 5.74) is 0. The second kappa shape index (κ2) is 6.72. The van der Waals surface area contributed by atoms with Crippen LogP contribution in [0.15, 0.2) is 0 Å². The van der Waals surface area contributed by atoms with Crippen molar-refractivity contribution in [2.24, 2.45) is 5.92 Å². The average Bonchev–Trinajstić information content (AvgIpc) is 2.43. The molecule has 0 radical (unpaired) electrons. The van der Waals surface area contributed by atoms with Crippen LogP contribution in [0.5, 0.6) is 0 Å². The molecule has 1 N–H and O–H groups in total. The molecule has 1 saturated heterocycles. The Morgan fingerprint density at radius 3 is 2.69 bits per heavy atom. The Morgan fingerprint density at radius 2 is 2.12 bits per heavy atom. The van der Waals surface area contributed by atoms with Gasteiger partial charge in [0.25, 0.3) is 0 Å². The molecule has 0 aromatic rings. The summed E-state index contributed by atoms with van der Waals surface area (Å²) in [4.78, 5) is 2.47. The fourth-order valence-electron chi connectivity index (χ4n) is 2.11. The van der Waals surface area contributed by atoms with Crippen molar-refractivity contribution in [2.45, 2.75) is 38.5 Å². The molecule has 3 nitrogen and oxygen atoms in total. The normalized spacial score (nSPS) is 27.7. The lowest BCUT2D eigenvalue weighted by atomic mass is 10.0. The summed E-state index contributed by atoms with van der Waals surface area (Å²) in [6, 6.07) is 0.583. The molecule has 0 spiro atoms. The van der Waals surface area contributed by atoms with Gasteiger partial charge in [0.15, 0.2) is 0 Å². The topological polar surface area (TPSA) is 32.3 Å². The minimum absolute atomic E-state index is 0.283. The van der Waals surface area contributed by atoms with E-state index in [1.165, 1.54) is 6.42 Å². The third-order valence-electron chi connectivity index (χ3n) is 3.40. The Bertz CT molecular complexity index is 233. The van der Waals surface area contributed by atoms with Gasteiger partial charge in [-0.15, -0.1) is 0 Å². The Hall–Kier alpha value is 0.0700. The molecule has 0 aliphatic carbocycles. The van der Waals surface area contributed by atoms with Crippen molar-refractivity contribution in [1.29, 1.82) is 0 Å². The minimum atomic E-state index is -0.702. The van der Waals surface area contributed by atoms with Gasteiger partial charge in [-0.1, -0.05) is 13.8 Å². The van der Waals surface area contributed by atoms with Crippen molar-refractivity contribution in [1.82, 2.24) is 10.2 Å². The van der Waals surface area contributed by atoms with Crippen molar-refractivity contribution in [3.05, 3.63) is 0 Å². The highest BCUT2D eigenvalue weighted by atomic mass is 32.2. The van der Waals surface area contributed by atoms with E-state index >= 15 is 0 Å². The Labute approximate surface area is 102 Å². The summed E-state index contributed by atoms with van der Waals surface area (Å²) in [5.74, 6) is 0.669. The van der Waals surface area contributed by atoms with Crippen LogP contribution in [-0.2, 0) is 10.8 Å². The molecule has 1 fully saturated rings. The van der Waals surface area contributed by atoms with Crippen molar-refractivity contribution in [2.75, 3.05) is 32.4 Å². The van der Waals surface area contributed by atoms with Gasteiger partial charge in [0, 0.05) is 41.4 Å². The van der Waals surface area contributed by atoms with Gasteiger partial charge in [0.1, 0.15) is 0 Å². The lowest BCUT2D eigenvalue weighted by Crippen LogP contribution is -2.43. The molecule has 0 aromatic carbocycles. The van der Waals surface area contributed by atoms with Crippen LogP contribution in [0.25, 0.3) is 0 Å². The van der Waals surface area contributed by atoms with E-state index in [0.29, 0.717) is 12.0 Å². The highest BCUT2D eigenvalue weighted by molar-refractivity contribution is 7.84. The number of rotatable bonds is 4. The van der Waals surface area contributed by atoms with Crippen LogP contribution in [0.1, 0.15) is 27.2 Å². The summed E-state index contributed by atoms with van der Waals surface area (Å²) in [7, 11) is -0.702. The maximum Gasteiger partial charge on any atom is 0.0444 e. The lowest BCUT2D eigenvalue weighted by Gasteiger charge is -2.28. The predicted molar refractivity (Wildman–Crippen MR) is 71.2 cm³/mol. The first-order valence-corrected chi connectivity index (χ1v) is 7.90. The van der Waals surface area contributed by atoms with Crippen LogP contribution in [0.3, 0.4) is 0 Å². The number of nitrogens with one attached hydrogen (secondary N) is 1. The summed E-state index contributed by atoms with van der Waals surface area (Å²) >= 11 is 0. The van der Waals surface area contributed by atoms with E-state index in [2.05, 4.69) is 31.0 Å². The minimum Gasteiger partial charge on any atom is -0.312 e. The van der Waals surface area contributed by atoms with Crippen LogP contribution in [0.2, 0.25) is 0 Å². The summed E-state index contributed by atoms with van der Waals surface area (Å²) < 4.78 is 11.4. The molecule has 1 rings (SSSR count). The first kappa shape index (κ1) is 14.1. The van der Waals surface area contributed by atoms with E-state index in [-0.39, 0.29) is 5.25 Å². The van der Waals surface area contributed by atoms with Crippen molar-refractivity contribution in [3.8, 4) is 0 Å². The van der Waals surface area contributed by atoms with Crippen LogP contribution in [0.4, 0.5) is 0 Å². The molecule has 1 aliphatic rings. The molecule has 3 atom stereocenters. The lowest BCUT2D eigenvalue weighted by molar-refractivity contribution is 0.248. The number of nitrogens with zero attached hydrogens (tertiary/aromatic N) is 1. The van der Waals surface area contributed by atoms with E-state index in [1.54, 1.807) is 6.26 Å². The van der Waals surface area contributed by atoms with Gasteiger partial charge in [-0.25, -0.2) is 0 Å². The van der Waals surface area contributed by atoms with Crippen LogP contribution >= 0.6 is 0 Å². The monoisotopic (exact) mass is 246 g/mol. The quantitative estimate of drug-likeness (QED) is 0.805. The third kappa shape index (κ3) is 4.52. The maximum atomic E-state index is 11.4. The molecular weight excluding hydrogens is 220 g/mol. The van der Waals surface area contributed by atoms with E-state index in [0.717, 1.165) is 26.2 Å². The van der Waals surface area contributed by atoms with Gasteiger partial charge in [-0.2, -0.15) is 0 Å². The van der Waals surface area contributed by atoms with Crippen LogP contribution < -0.4 is 5.32 Å². The molecule has 1 heterocycles. The van der Waals surface area contributed by atoms with E-state index in [9.17, 15) is 4.21 Å². The molecule has 0 bridgehead atoms. The third-order valence-corrected chi connectivity index (χ3v) is 4.68. The van der Waals surface area contributed by atoms with Gasteiger partial charge >= 0.3 is 0 Å². The standard InChI is InChI=1S/C12H26N2OS/c1-10(2)12-9-14(7-5-6-13-12)8-11(3)16(4)15/h10-13H,5-9H2,1-4H3. The second-order valence-corrected chi connectivity index (χ2v) is 7.03. The summed E-state index contributed by atoms with van der Waals surface area (Å²) in [6.07, 6.45) is 3.01. The molecule has 3 unspecified atom stereocenters. The Balaban J connectivity index is 2.48. The largest absolute Gasteiger partial charge is 0.312 e. The highest BCUT2D eigenvalue weighted by Crippen LogP contribution is 2.10.